The predicted octanol–water partition coefficient (Wildman–Crippen LogP) is 1.39. The second kappa shape index (κ2) is 7.26. The number of ether oxygens (including phenoxy) is 1. The van der Waals surface area contributed by atoms with Gasteiger partial charge in [-0.2, -0.15) is 0 Å². The third kappa shape index (κ3) is 6.48. The van der Waals surface area contributed by atoms with Crippen molar-refractivity contribution >= 4 is 15.9 Å². The normalized spacial score (nSPS) is 21.6. The largest absolute Gasteiger partial charge is 0.383 e. The molecule has 21 heavy (non-hydrogen) atoms. The number of urea groups is 1. The van der Waals surface area contributed by atoms with E-state index in [0.29, 0.717) is 19.6 Å². The Kier molecular flexibility index (Phi) is 6.22. The van der Waals surface area contributed by atoms with Gasteiger partial charge in [0.15, 0.2) is 9.84 Å². The lowest BCUT2D eigenvalue weighted by Crippen LogP contribution is -2.47. The van der Waals surface area contributed by atoms with Gasteiger partial charge < -0.3 is 15.0 Å². The Hall–Kier alpha value is -1.08. The van der Waals surface area contributed by atoms with Gasteiger partial charge in [-0.25, -0.2) is 13.2 Å². The molecule has 1 aliphatic heterocycles. The Morgan fingerprint density at radius 2 is 2.10 bits per heavy atom. The monoisotopic (exact) mass is 318 g/mol. The molecule has 0 aromatic carbocycles. The summed E-state index contributed by atoms with van der Waals surface area (Å²) in [6.07, 6.45) is 4.00. The van der Waals surface area contributed by atoms with Gasteiger partial charge in [-0.05, 0) is 11.8 Å². The van der Waals surface area contributed by atoms with E-state index < -0.39 is 9.84 Å². The van der Waals surface area contributed by atoms with Crippen molar-refractivity contribution in [2.45, 2.75) is 33.2 Å². The van der Waals surface area contributed by atoms with E-state index in [2.05, 4.69) is 5.32 Å². The summed E-state index contributed by atoms with van der Waals surface area (Å²) in [5.74, 6) is 0.180. The van der Waals surface area contributed by atoms with Gasteiger partial charge in [-0.1, -0.05) is 26.8 Å². The van der Waals surface area contributed by atoms with Gasteiger partial charge in [0, 0.05) is 25.9 Å². The topological polar surface area (TPSA) is 75.7 Å². The number of amides is 2. The Bertz CT molecular complexity index is 480. The van der Waals surface area contributed by atoms with Crippen LogP contribution in [0.3, 0.4) is 0 Å². The van der Waals surface area contributed by atoms with Crippen molar-refractivity contribution in [1.82, 2.24) is 10.2 Å². The molecule has 1 N–H and O–H groups in total. The Morgan fingerprint density at radius 3 is 2.57 bits per heavy atom. The highest BCUT2D eigenvalue weighted by Gasteiger charge is 2.34. The van der Waals surface area contributed by atoms with Crippen LogP contribution in [0.5, 0.6) is 0 Å². The molecule has 1 rings (SSSR count). The molecule has 1 heterocycles. The molecule has 2 amide bonds. The third-order valence-corrected chi connectivity index (χ3v) is 4.99. The Labute approximate surface area is 127 Å². The van der Waals surface area contributed by atoms with E-state index in [1.54, 1.807) is 18.2 Å². The van der Waals surface area contributed by atoms with Crippen molar-refractivity contribution in [3.8, 4) is 0 Å². The van der Waals surface area contributed by atoms with Gasteiger partial charge in [0.1, 0.15) is 0 Å². The maximum atomic E-state index is 12.2. The van der Waals surface area contributed by atoms with E-state index in [4.69, 9.17) is 4.74 Å². The molecule has 1 unspecified atom stereocenters. The summed E-state index contributed by atoms with van der Waals surface area (Å²) < 4.78 is 28.2. The molecule has 0 aliphatic carbocycles. The van der Waals surface area contributed by atoms with Crippen LogP contribution in [-0.4, -0.2) is 57.2 Å². The molecule has 6 nitrogen and oxygen atoms in total. The fraction of sp³-hybridized carbons (Fsp3) is 0.786. The number of carbonyl (C=O) groups is 1. The van der Waals surface area contributed by atoms with Gasteiger partial charge in [0.2, 0.25) is 0 Å². The van der Waals surface area contributed by atoms with Crippen molar-refractivity contribution in [1.29, 1.82) is 0 Å². The van der Waals surface area contributed by atoms with Crippen LogP contribution in [0.15, 0.2) is 12.3 Å². The van der Waals surface area contributed by atoms with E-state index in [1.807, 2.05) is 26.8 Å². The molecule has 0 spiro atoms. The van der Waals surface area contributed by atoms with Crippen molar-refractivity contribution in [2.75, 3.05) is 31.8 Å². The van der Waals surface area contributed by atoms with Crippen LogP contribution < -0.4 is 5.32 Å². The van der Waals surface area contributed by atoms with Crippen LogP contribution in [0.2, 0.25) is 0 Å². The SMILES string of the molecule is COCCN(C(=O)N/C=C/C(C)(C)C)C1CCS(=O)(=O)C1. The molecule has 1 atom stereocenters. The number of hydrogen-bond acceptors (Lipinski definition) is 4. The molecule has 1 saturated heterocycles. The molecule has 0 radical (unpaired) electrons. The minimum absolute atomic E-state index is 0.0265. The van der Waals surface area contributed by atoms with E-state index >= 15 is 0 Å². The lowest BCUT2D eigenvalue weighted by atomic mass is 9.97. The third-order valence-electron chi connectivity index (χ3n) is 3.24. The molecule has 0 aromatic heterocycles. The second-order valence-corrected chi connectivity index (χ2v) is 8.62. The first-order valence-electron chi connectivity index (χ1n) is 7.09. The van der Waals surface area contributed by atoms with Crippen LogP contribution in [-0.2, 0) is 14.6 Å². The quantitative estimate of drug-likeness (QED) is 0.831. The molecule has 0 bridgehead atoms. The van der Waals surface area contributed by atoms with E-state index in [-0.39, 0.29) is 29.0 Å². The van der Waals surface area contributed by atoms with Gasteiger partial charge in [0.05, 0.1) is 18.1 Å². The fourth-order valence-corrected chi connectivity index (χ4v) is 3.84. The van der Waals surface area contributed by atoms with Gasteiger partial charge >= 0.3 is 6.03 Å². The molecule has 7 heteroatoms. The first-order valence-corrected chi connectivity index (χ1v) is 8.91. The highest BCUT2D eigenvalue weighted by atomic mass is 32.2. The number of nitrogens with one attached hydrogen (secondary N) is 1. The first kappa shape index (κ1) is 18.0. The summed E-state index contributed by atoms with van der Waals surface area (Å²) in [6.45, 7) is 6.85. The number of sulfone groups is 1. The molecule has 1 aliphatic rings. The van der Waals surface area contributed by atoms with Gasteiger partial charge in [-0.15, -0.1) is 0 Å². The summed E-state index contributed by atoms with van der Waals surface area (Å²) in [6, 6.07) is -0.553. The maximum absolute atomic E-state index is 12.2. The van der Waals surface area contributed by atoms with E-state index in [9.17, 15) is 13.2 Å². The molecule has 122 valence electrons. The molecule has 0 saturated carbocycles. The van der Waals surface area contributed by atoms with E-state index in [0.717, 1.165) is 0 Å². The predicted molar refractivity (Wildman–Crippen MR) is 82.8 cm³/mol. The van der Waals surface area contributed by atoms with Crippen molar-refractivity contribution in [3.63, 3.8) is 0 Å². The minimum Gasteiger partial charge on any atom is -0.383 e. The zero-order valence-corrected chi connectivity index (χ0v) is 14.1. The zero-order chi connectivity index (χ0) is 16.1. The minimum atomic E-state index is -3.02. The number of carbonyl (C=O) groups excluding carboxylic acids is 1. The Morgan fingerprint density at radius 1 is 1.43 bits per heavy atom. The summed E-state index contributed by atoms with van der Waals surface area (Å²) in [5, 5.41) is 2.71. The highest BCUT2D eigenvalue weighted by Crippen LogP contribution is 2.18. The van der Waals surface area contributed by atoms with E-state index in [1.165, 1.54) is 0 Å². The fourth-order valence-electron chi connectivity index (χ4n) is 2.11. The van der Waals surface area contributed by atoms with Crippen LogP contribution in [0.25, 0.3) is 0 Å². The van der Waals surface area contributed by atoms with Crippen LogP contribution in [0.4, 0.5) is 4.79 Å². The van der Waals surface area contributed by atoms with Crippen LogP contribution in [0, 0.1) is 5.41 Å². The maximum Gasteiger partial charge on any atom is 0.321 e. The van der Waals surface area contributed by atoms with Crippen molar-refractivity contribution < 1.29 is 17.9 Å². The lowest BCUT2D eigenvalue weighted by molar-refractivity contribution is 0.135. The van der Waals surface area contributed by atoms with Crippen molar-refractivity contribution in [3.05, 3.63) is 12.3 Å². The highest BCUT2D eigenvalue weighted by molar-refractivity contribution is 7.91. The summed E-state index contributed by atoms with van der Waals surface area (Å²) in [4.78, 5) is 13.8. The molecule has 1 fully saturated rings. The number of nitrogens with zero attached hydrogens (tertiary/aromatic N) is 1. The number of rotatable bonds is 5. The van der Waals surface area contributed by atoms with Crippen molar-refractivity contribution in [2.24, 2.45) is 5.41 Å². The standard InChI is InChI=1S/C14H26N2O4S/c1-14(2,3)6-7-15-13(17)16(8-9-20-4)12-5-10-21(18,19)11-12/h6-7,12H,5,8-11H2,1-4H3,(H,15,17)/b7-6+. The zero-order valence-electron chi connectivity index (χ0n) is 13.3. The second-order valence-electron chi connectivity index (χ2n) is 6.39. The Balaban J connectivity index is 2.69. The first-order chi connectivity index (χ1) is 9.64. The lowest BCUT2D eigenvalue weighted by Gasteiger charge is -2.27. The van der Waals surface area contributed by atoms with Gasteiger partial charge in [0.25, 0.3) is 0 Å². The van der Waals surface area contributed by atoms with Crippen LogP contribution in [0.1, 0.15) is 27.2 Å². The molecular weight excluding hydrogens is 292 g/mol. The number of hydrogen-bond donors (Lipinski definition) is 1. The summed E-state index contributed by atoms with van der Waals surface area (Å²) in [7, 11) is -1.47. The molecule has 0 aromatic rings. The summed E-state index contributed by atoms with van der Waals surface area (Å²) >= 11 is 0. The average Bonchev–Trinajstić information content (AvgIpc) is 2.68. The number of methoxy groups -OCH3 is 1. The smallest absolute Gasteiger partial charge is 0.321 e. The summed E-state index contributed by atoms with van der Waals surface area (Å²) in [5.41, 5.74) is -0.0265. The number of allylic oxidation sites excluding steroid dienone is 1. The van der Waals surface area contributed by atoms with Crippen LogP contribution >= 0.6 is 0 Å². The van der Waals surface area contributed by atoms with Gasteiger partial charge in [-0.3, -0.25) is 0 Å². The molecular formula is C14H26N2O4S. The average molecular weight is 318 g/mol.